The molecule has 5 nitrogen and oxygen atoms in total. The second-order valence-electron chi connectivity index (χ2n) is 4.41. The number of anilines is 1. The first-order valence-corrected chi connectivity index (χ1v) is 6.43. The second-order valence-corrected chi connectivity index (χ2v) is 4.41. The third kappa shape index (κ3) is 5.63. The molecule has 1 aromatic rings. The van der Waals surface area contributed by atoms with Crippen LogP contribution in [0.15, 0.2) is 24.3 Å². The number of hydrogen-bond acceptors (Lipinski definition) is 3. The van der Waals surface area contributed by atoms with Crippen molar-refractivity contribution in [1.29, 1.82) is 0 Å². The fraction of sp³-hybridized carbons (Fsp3) is 0.385. The van der Waals surface area contributed by atoms with E-state index in [0.717, 1.165) is 17.4 Å². The molecule has 0 saturated heterocycles. The zero-order valence-electron chi connectivity index (χ0n) is 12.1. The molecule has 134 valence electrons. The molecule has 0 saturated carbocycles. The third-order valence-corrected chi connectivity index (χ3v) is 2.58. The van der Waals surface area contributed by atoms with E-state index in [0.29, 0.717) is 0 Å². The summed E-state index contributed by atoms with van der Waals surface area (Å²) in [4.78, 5) is 22.7. The number of halogens is 6. The van der Waals surface area contributed by atoms with Gasteiger partial charge in [0.2, 0.25) is 6.04 Å². The van der Waals surface area contributed by atoms with E-state index in [-0.39, 0.29) is 17.9 Å². The molecule has 0 fully saturated rings. The number of hydrogen-bond donors (Lipinski definition) is 2. The van der Waals surface area contributed by atoms with E-state index in [4.69, 9.17) is 0 Å². The highest BCUT2D eigenvalue weighted by molar-refractivity contribution is 5.92. The molecule has 0 aliphatic carbocycles. The fourth-order valence-corrected chi connectivity index (χ4v) is 1.55. The van der Waals surface area contributed by atoms with Gasteiger partial charge in [0.15, 0.2) is 0 Å². The first-order valence-electron chi connectivity index (χ1n) is 6.43. The number of carbonyl (C=O) groups excluding carboxylic acids is 2. The van der Waals surface area contributed by atoms with Gasteiger partial charge in [0.1, 0.15) is 0 Å². The molecule has 1 rings (SSSR count). The minimum absolute atomic E-state index is 0.103. The van der Waals surface area contributed by atoms with Gasteiger partial charge < -0.3 is 15.4 Å². The molecule has 0 spiro atoms. The Hall–Kier alpha value is -2.46. The Morgan fingerprint density at radius 3 is 1.96 bits per heavy atom. The number of amides is 2. The van der Waals surface area contributed by atoms with E-state index in [2.05, 4.69) is 4.74 Å². The molecule has 0 radical (unpaired) electrons. The SMILES string of the molecule is CCOC(=O)c1ccc(NC(=O)NC(C(F)(F)F)C(F)(F)F)cc1. The Bertz CT molecular complexity index is 569. The molecule has 2 N–H and O–H groups in total. The smallest absolute Gasteiger partial charge is 0.417 e. The molecule has 0 aliphatic heterocycles. The standard InChI is InChI=1S/C13H12F6N2O3/c1-2-24-9(22)7-3-5-8(6-4-7)20-11(23)21-10(12(14,15)16)13(17,18)19/h3-6,10H,2H2,1H3,(H2,20,21,23). The van der Waals surface area contributed by atoms with Gasteiger partial charge in [-0.25, -0.2) is 9.59 Å². The van der Waals surface area contributed by atoms with Crippen molar-refractivity contribution in [2.45, 2.75) is 25.3 Å². The molecule has 1 aromatic carbocycles. The van der Waals surface area contributed by atoms with Crippen molar-refractivity contribution in [3.05, 3.63) is 29.8 Å². The number of rotatable bonds is 4. The van der Waals surface area contributed by atoms with Crippen LogP contribution in [0.25, 0.3) is 0 Å². The summed E-state index contributed by atoms with van der Waals surface area (Å²) in [5.74, 6) is -0.664. The van der Waals surface area contributed by atoms with E-state index < -0.39 is 30.4 Å². The minimum atomic E-state index is -5.69. The lowest BCUT2D eigenvalue weighted by atomic mass is 10.2. The number of carbonyl (C=O) groups is 2. The first kappa shape index (κ1) is 19.6. The van der Waals surface area contributed by atoms with Crippen LogP contribution in [0.4, 0.5) is 36.8 Å². The molecule has 0 aliphatic rings. The predicted molar refractivity (Wildman–Crippen MR) is 70.5 cm³/mol. The Labute approximate surface area is 132 Å². The Morgan fingerprint density at radius 2 is 1.54 bits per heavy atom. The maximum atomic E-state index is 12.3. The highest BCUT2D eigenvalue weighted by Gasteiger charge is 2.57. The van der Waals surface area contributed by atoms with Crippen molar-refractivity contribution >= 4 is 17.7 Å². The first-order chi connectivity index (χ1) is 10.9. The monoisotopic (exact) mass is 358 g/mol. The van der Waals surface area contributed by atoms with Gasteiger partial charge in [-0.05, 0) is 31.2 Å². The van der Waals surface area contributed by atoms with Crippen LogP contribution in [0.1, 0.15) is 17.3 Å². The van der Waals surface area contributed by atoms with Crippen molar-refractivity contribution in [2.24, 2.45) is 0 Å². The van der Waals surface area contributed by atoms with Crippen LogP contribution in [-0.2, 0) is 4.74 Å². The highest BCUT2D eigenvalue weighted by atomic mass is 19.4. The van der Waals surface area contributed by atoms with E-state index in [1.165, 1.54) is 12.1 Å². The molecule has 0 heterocycles. The van der Waals surface area contributed by atoms with Crippen LogP contribution < -0.4 is 10.6 Å². The van der Waals surface area contributed by atoms with Crippen LogP contribution in [-0.4, -0.2) is 37.0 Å². The Balaban J connectivity index is 2.75. The quantitative estimate of drug-likeness (QED) is 0.640. The number of urea groups is 1. The van der Waals surface area contributed by atoms with Gasteiger partial charge in [0.25, 0.3) is 0 Å². The average Bonchev–Trinajstić information content (AvgIpc) is 2.43. The van der Waals surface area contributed by atoms with E-state index in [1.807, 2.05) is 5.32 Å². The van der Waals surface area contributed by atoms with E-state index in [9.17, 15) is 35.9 Å². The number of ether oxygens (including phenoxy) is 1. The summed E-state index contributed by atoms with van der Waals surface area (Å²) in [7, 11) is 0. The van der Waals surface area contributed by atoms with Gasteiger partial charge in [-0.1, -0.05) is 0 Å². The van der Waals surface area contributed by atoms with Gasteiger partial charge in [-0.3, -0.25) is 0 Å². The van der Waals surface area contributed by atoms with Crippen molar-refractivity contribution in [3.8, 4) is 0 Å². The normalized spacial score (nSPS) is 12.0. The van der Waals surface area contributed by atoms with Crippen molar-refractivity contribution < 1.29 is 40.7 Å². The lowest BCUT2D eigenvalue weighted by molar-refractivity contribution is -0.255. The van der Waals surface area contributed by atoms with Gasteiger partial charge >= 0.3 is 24.4 Å². The van der Waals surface area contributed by atoms with Crippen molar-refractivity contribution in [3.63, 3.8) is 0 Å². The summed E-state index contributed by atoms with van der Waals surface area (Å²) >= 11 is 0. The molecule has 24 heavy (non-hydrogen) atoms. The number of esters is 1. The topological polar surface area (TPSA) is 67.4 Å². The second kappa shape index (κ2) is 7.41. The number of benzene rings is 1. The zero-order chi connectivity index (χ0) is 18.5. The van der Waals surface area contributed by atoms with Crippen LogP contribution >= 0.6 is 0 Å². The van der Waals surface area contributed by atoms with E-state index in [1.54, 1.807) is 6.92 Å². The molecule has 11 heteroatoms. The van der Waals surface area contributed by atoms with Crippen LogP contribution in [0.3, 0.4) is 0 Å². The van der Waals surface area contributed by atoms with Crippen molar-refractivity contribution in [1.82, 2.24) is 5.32 Å². The Kier molecular flexibility index (Phi) is 6.04. The van der Waals surface area contributed by atoms with Crippen LogP contribution in [0, 0.1) is 0 Å². The zero-order valence-corrected chi connectivity index (χ0v) is 12.1. The highest BCUT2D eigenvalue weighted by Crippen LogP contribution is 2.33. The summed E-state index contributed by atoms with van der Waals surface area (Å²) < 4.78 is 78.6. The predicted octanol–water partition coefficient (Wildman–Crippen LogP) is 3.48. The average molecular weight is 358 g/mol. The summed E-state index contributed by atoms with van der Waals surface area (Å²) in [6, 6.07) is -1.05. The molecule has 0 bridgehead atoms. The molecule has 2 amide bonds. The van der Waals surface area contributed by atoms with Gasteiger partial charge in [-0.2, -0.15) is 26.3 Å². The maximum absolute atomic E-state index is 12.3. The van der Waals surface area contributed by atoms with Gasteiger partial charge in [0.05, 0.1) is 12.2 Å². The molecular weight excluding hydrogens is 346 g/mol. The molecule has 0 atom stereocenters. The van der Waals surface area contributed by atoms with Crippen LogP contribution in [0.2, 0.25) is 0 Å². The Morgan fingerprint density at radius 1 is 1.04 bits per heavy atom. The molecule has 0 unspecified atom stereocenters. The third-order valence-electron chi connectivity index (χ3n) is 2.58. The largest absolute Gasteiger partial charge is 0.462 e. The van der Waals surface area contributed by atoms with Crippen molar-refractivity contribution in [2.75, 3.05) is 11.9 Å². The van der Waals surface area contributed by atoms with E-state index >= 15 is 0 Å². The van der Waals surface area contributed by atoms with Gasteiger partial charge in [0, 0.05) is 5.69 Å². The summed E-state index contributed by atoms with van der Waals surface area (Å²) in [5.41, 5.74) is -0.00471. The summed E-state index contributed by atoms with van der Waals surface area (Å²) in [6.07, 6.45) is -11.4. The molecular formula is C13H12F6N2O3. The minimum Gasteiger partial charge on any atom is -0.462 e. The maximum Gasteiger partial charge on any atom is 0.417 e. The summed E-state index contributed by atoms with van der Waals surface area (Å²) in [5, 5.41) is 2.62. The van der Waals surface area contributed by atoms with Gasteiger partial charge in [-0.15, -0.1) is 0 Å². The van der Waals surface area contributed by atoms with Crippen LogP contribution in [0.5, 0.6) is 0 Å². The summed E-state index contributed by atoms with van der Waals surface area (Å²) in [6.45, 7) is 1.70. The fourth-order valence-electron chi connectivity index (χ4n) is 1.55. The lowest BCUT2D eigenvalue weighted by Gasteiger charge is -2.23. The number of nitrogens with one attached hydrogen (secondary N) is 2. The molecule has 0 aromatic heterocycles. The lowest BCUT2D eigenvalue weighted by Crippen LogP contribution is -2.55. The number of alkyl halides is 6.